The number of rotatable bonds is 10. The highest BCUT2D eigenvalue weighted by Gasteiger charge is 2.24. The second-order valence-electron chi connectivity index (χ2n) is 4.12. The summed E-state index contributed by atoms with van der Waals surface area (Å²) in [6, 6.07) is -1.42. The van der Waals surface area contributed by atoms with Crippen molar-refractivity contribution in [1.29, 1.82) is 0 Å². The lowest BCUT2D eigenvalue weighted by Gasteiger charge is -2.14. The number of hydrogen-bond donors (Lipinski definition) is 2. The molecule has 0 aromatic heterocycles. The molecule has 0 spiro atoms. The number of carboxylic acids is 1. The molecule has 0 saturated heterocycles. The molecule has 0 aromatic rings. The van der Waals surface area contributed by atoms with Gasteiger partial charge in [0.05, 0.1) is 20.0 Å². The number of ether oxygens (including phenoxy) is 2. The maximum absolute atomic E-state index is 11.7. The quantitative estimate of drug-likeness (QED) is 0.501. The maximum Gasteiger partial charge on any atom is 0.321 e. The number of hydrogen-bond acceptors (Lipinski definition) is 7. The first-order valence-corrected chi connectivity index (χ1v) is 7.73. The van der Waals surface area contributed by atoms with Crippen LogP contribution < -0.4 is 4.72 Å². The molecule has 122 valence electrons. The lowest BCUT2D eigenvalue weighted by Crippen LogP contribution is -2.42. The van der Waals surface area contributed by atoms with Crippen LogP contribution in [0.2, 0.25) is 0 Å². The summed E-state index contributed by atoms with van der Waals surface area (Å²) in [5.41, 5.74) is 0. The van der Waals surface area contributed by atoms with Crippen molar-refractivity contribution in [1.82, 2.24) is 4.72 Å². The van der Waals surface area contributed by atoms with Gasteiger partial charge in [-0.15, -0.1) is 0 Å². The maximum atomic E-state index is 11.7. The van der Waals surface area contributed by atoms with Crippen LogP contribution in [0.3, 0.4) is 0 Å². The average Bonchev–Trinajstić information content (AvgIpc) is 2.42. The van der Waals surface area contributed by atoms with Gasteiger partial charge >= 0.3 is 17.9 Å². The smallest absolute Gasteiger partial charge is 0.321 e. The van der Waals surface area contributed by atoms with Crippen LogP contribution in [0.25, 0.3) is 0 Å². The third-order valence-corrected chi connectivity index (χ3v) is 3.98. The topological polar surface area (TPSA) is 136 Å². The molecule has 0 amide bonds. The number of carbonyl (C=O) groups excluding carboxylic acids is 2. The predicted molar refractivity (Wildman–Crippen MR) is 70.8 cm³/mol. The van der Waals surface area contributed by atoms with E-state index in [0.29, 0.717) is 0 Å². The Morgan fingerprint density at radius 3 is 2.10 bits per heavy atom. The Bertz CT molecular complexity index is 473. The summed E-state index contributed by atoms with van der Waals surface area (Å²) in [5.74, 6) is -2.99. The summed E-state index contributed by atoms with van der Waals surface area (Å²) in [4.78, 5) is 32.7. The van der Waals surface area contributed by atoms with E-state index >= 15 is 0 Å². The monoisotopic (exact) mass is 325 g/mol. The molecule has 21 heavy (non-hydrogen) atoms. The number of carboxylic acid groups (broad SMARTS) is 1. The number of carbonyl (C=O) groups is 3. The van der Waals surface area contributed by atoms with Gasteiger partial charge in [0.15, 0.2) is 0 Å². The lowest BCUT2D eigenvalue weighted by atomic mass is 10.2. The van der Waals surface area contributed by atoms with Gasteiger partial charge in [-0.05, 0) is 12.8 Å². The molecule has 10 heteroatoms. The van der Waals surface area contributed by atoms with Gasteiger partial charge in [-0.25, -0.2) is 13.1 Å². The Morgan fingerprint density at radius 1 is 1.10 bits per heavy atom. The fourth-order valence-electron chi connectivity index (χ4n) is 1.38. The number of sulfonamides is 1. The molecule has 0 heterocycles. The van der Waals surface area contributed by atoms with E-state index in [1.807, 2.05) is 4.72 Å². The van der Waals surface area contributed by atoms with Crippen LogP contribution in [-0.2, 0) is 33.9 Å². The Morgan fingerprint density at radius 2 is 1.62 bits per heavy atom. The van der Waals surface area contributed by atoms with Gasteiger partial charge in [0.2, 0.25) is 10.0 Å². The van der Waals surface area contributed by atoms with Crippen molar-refractivity contribution in [2.24, 2.45) is 0 Å². The summed E-state index contributed by atoms with van der Waals surface area (Å²) >= 11 is 0. The molecule has 1 atom stereocenters. The van der Waals surface area contributed by atoms with Crippen LogP contribution in [0.15, 0.2) is 0 Å². The molecule has 2 N–H and O–H groups in total. The van der Waals surface area contributed by atoms with Crippen molar-refractivity contribution in [3.05, 3.63) is 0 Å². The van der Waals surface area contributed by atoms with Crippen molar-refractivity contribution < 1.29 is 37.4 Å². The van der Waals surface area contributed by atoms with Gasteiger partial charge < -0.3 is 14.6 Å². The highest BCUT2D eigenvalue weighted by atomic mass is 32.2. The van der Waals surface area contributed by atoms with Crippen LogP contribution in [0.4, 0.5) is 0 Å². The number of aliphatic carboxylic acids is 1. The largest absolute Gasteiger partial charge is 0.480 e. The van der Waals surface area contributed by atoms with E-state index in [9.17, 15) is 22.8 Å². The zero-order valence-electron chi connectivity index (χ0n) is 11.8. The van der Waals surface area contributed by atoms with E-state index in [4.69, 9.17) is 5.11 Å². The molecule has 0 rings (SSSR count). The molecule has 0 aromatic carbocycles. The molecule has 0 aliphatic rings. The van der Waals surface area contributed by atoms with Crippen LogP contribution in [0.5, 0.6) is 0 Å². The second-order valence-corrected chi connectivity index (χ2v) is 6.00. The summed E-state index contributed by atoms with van der Waals surface area (Å²) < 4.78 is 34.1. The van der Waals surface area contributed by atoms with E-state index in [1.165, 1.54) is 7.11 Å². The van der Waals surface area contributed by atoms with Gasteiger partial charge in [-0.1, -0.05) is 0 Å². The first-order valence-electron chi connectivity index (χ1n) is 6.08. The summed E-state index contributed by atoms with van der Waals surface area (Å²) in [6.07, 6.45) is -0.529. The number of esters is 2. The van der Waals surface area contributed by atoms with E-state index in [-0.39, 0.29) is 25.7 Å². The van der Waals surface area contributed by atoms with Crippen LogP contribution in [-0.4, -0.2) is 57.4 Å². The van der Waals surface area contributed by atoms with Crippen LogP contribution in [0, 0.1) is 0 Å². The molecule has 0 fully saturated rings. The minimum atomic E-state index is -3.88. The number of nitrogens with one attached hydrogen (secondary N) is 1. The minimum Gasteiger partial charge on any atom is -0.480 e. The Balaban J connectivity index is 4.44. The van der Waals surface area contributed by atoms with Gasteiger partial charge in [-0.2, -0.15) is 0 Å². The Kier molecular flexibility index (Phi) is 8.55. The molecular formula is C11H19NO8S. The molecular weight excluding hydrogens is 306 g/mol. The van der Waals surface area contributed by atoms with Gasteiger partial charge in [0.25, 0.3) is 0 Å². The zero-order chi connectivity index (χ0) is 16.5. The molecule has 0 saturated carbocycles. The van der Waals surface area contributed by atoms with Gasteiger partial charge in [-0.3, -0.25) is 14.4 Å². The predicted octanol–water partition coefficient (Wildman–Crippen LogP) is -0.735. The normalized spacial score (nSPS) is 12.5. The second kappa shape index (κ2) is 9.29. The highest BCUT2D eigenvalue weighted by Crippen LogP contribution is 2.04. The van der Waals surface area contributed by atoms with Crippen molar-refractivity contribution in [2.45, 2.75) is 31.7 Å². The molecule has 0 aliphatic carbocycles. The molecule has 0 bridgehead atoms. The van der Waals surface area contributed by atoms with Crippen molar-refractivity contribution in [3.8, 4) is 0 Å². The first kappa shape index (κ1) is 19.3. The molecule has 0 radical (unpaired) electrons. The number of methoxy groups -OCH3 is 2. The summed E-state index contributed by atoms with van der Waals surface area (Å²) in [6.45, 7) is 0. The molecule has 0 aliphatic heterocycles. The van der Waals surface area contributed by atoms with E-state index in [0.717, 1.165) is 7.11 Å². The average molecular weight is 325 g/mol. The summed E-state index contributed by atoms with van der Waals surface area (Å²) in [5, 5.41) is 8.92. The zero-order valence-corrected chi connectivity index (χ0v) is 12.6. The first-order chi connectivity index (χ1) is 9.71. The van der Waals surface area contributed by atoms with Crippen molar-refractivity contribution in [2.75, 3.05) is 20.0 Å². The van der Waals surface area contributed by atoms with E-state index < -0.39 is 39.7 Å². The third kappa shape index (κ3) is 8.97. The minimum absolute atomic E-state index is 0.00530. The molecule has 9 nitrogen and oxygen atoms in total. The third-order valence-electron chi connectivity index (χ3n) is 2.51. The van der Waals surface area contributed by atoms with Crippen LogP contribution in [0.1, 0.15) is 25.7 Å². The summed E-state index contributed by atoms with van der Waals surface area (Å²) in [7, 11) is -1.54. The highest BCUT2D eigenvalue weighted by molar-refractivity contribution is 7.89. The molecule has 0 unspecified atom stereocenters. The Hall–Kier alpha value is -1.68. The fraction of sp³-hybridized carbons (Fsp3) is 0.727. The standard InChI is InChI=1S/C11H19NO8S/c1-19-9(13)4-3-7-21(17,18)12-8(11(15)16)5-6-10(14)20-2/h8,12H,3-7H2,1-2H3,(H,15,16)/t8-/m1/s1. The van der Waals surface area contributed by atoms with Gasteiger partial charge in [0.1, 0.15) is 6.04 Å². The van der Waals surface area contributed by atoms with Gasteiger partial charge in [0, 0.05) is 12.8 Å². The van der Waals surface area contributed by atoms with E-state index in [2.05, 4.69) is 9.47 Å². The lowest BCUT2D eigenvalue weighted by molar-refractivity contribution is -0.142. The van der Waals surface area contributed by atoms with Crippen molar-refractivity contribution in [3.63, 3.8) is 0 Å². The SMILES string of the molecule is COC(=O)CCCS(=O)(=O)N[C@H](CCC(=O)OC)C(=O)O. The Labute approximate surface area is 122 Å². The van der Waals surface area contributed by atoms with E-state index in [1.54, 1.807) is 0 Å². The van der Waals surface area contributed by atoms with Crippen molar-refractivity contribution >= 4 is 27.9 Å². The fourth-order valence-corrected chi connectivity index (χ4v) is 2.68. The van der Waals surface area contributed by atoms with Crippen LogP contribution >= 0.6 is 0 Å².